The molecule has 2 atom stereocenters. The third-order valence-corrected chi connectivity index (χ3v) is 3.67. The summed E-state index contributed by atoms with van der Waals surface area (Å²) < 4.78 is 0. The first-order chi connectivity index (χ1) is 7.42. The normalized spacial score (nSPS) is 31.4. The number of piperidine rings is 1. The zero-order chi connectivity index (χ0) is 10.5. The second kappa shape index (κ2) is 5.80. The van der Waals surface area contributed by atoms with Gasteiger partial charge in [0, 0.05) is 44.8 Å². The lowest BCUT2D eigenvalue weighted by Crippen LogP contribution is -2.59. The van der Waals surface area contributed by atoms with E-state index in [2.05, 4.69) is 15.5 Å². The van der Waals surface area contributed by atoms with Gasteiger partial charge in [0.2, 0.25) is 0 Å². The minimum atomic E-state index is 0.549. The first kappa shape index (κ1) is 11.3. The van der Waals surface area contributed by atoms with E-state index in [0.717, 1.165) is 32.7 Å². The van der Waals surface area contributed by atoms with Gasteiger partial charge in [0.1, 0.15) is 0 Å². The number of nitrogens with two attached hydrogens (primary N) is 1. The van der Waals surface area contributed by atoms with Crippen LogP contribution in [0.15, 0.2) is 0 Å². The van der Waals surface area contributed by atoms with E-state index < -0.39 is 0 Å². The Hall–Kier alpha value is -0.160. The lowest BCUT2D eigenvalue weighted by Gasteiger charge is -2.40. The standard InChI is InChI=1S/C11H24N4/c12-9-11(10-3-1-2-4-14-10)15-7-5-13-6-8-15/h10-11,13-14H,1-9,12H2. The van der Waals surface area contributed by atoms with Gasteiger partial charge in [-0.3, -0.25) is 4.90 Å². The quantitative estimate of drug-likeness (QED) is 0.582. The SMILES string of the molecule is NCC(C1CCCCN1)N1CCNCC1. The first-order valence-corrected chi connectivity index (χ1v) is 6.30. The fraction of sp³-hybridized carbons (Fsp3) is 1.00. The van der Waals surface area contributed by atoms with Gasteiger partial charge >= 0.3 is 0 Å². The second-order valence-electron chi connectivity index (χ2n) is 4.65. The molecule has 2 rings (SSSR count). The first-order valence-electron chi connectivity index (χ1n) is 6.30. The number of piperazine rings is 1. The van der Waals surface area contributed by atoms with Gasteiger partial charge < -0.3 is 16.4 Å². The molecule has 0 saturated carbocycles. The van der Waals surface area contributed by atoms with Gasteiger partial charge in [-0.25, -0.2) is 0 Å². The lowest BCUT2D eigenvalue weighted by atomic mass is 9.96. The van der Waals surface area contributed by atoms with E-state index in [1.54, 1.807) is 0 Å². The highest BCUT2D eigenvalue weighted by molar-refractivity contribution is 4.89. The smallest absolute Gasteiger partial charge is 0.0372 e. The summed E-state index contributed by atoms with van der Waals surface area (Å²) in [7, 11) is 0. The van der Waals surface area contributed by atoms with Gasteiger partial charge in [0.15, 0.2) is 0 Å². The monoisotopic (exact) mass is 212 g/mol. The molecule has 0 radical (unpaired) electrons. The third-order valence-electron chi connectivity index (χ3n) is 3.67. The Morgan fingerprint density at radius 2 is 2.00 bits per heavy atom. The van der Waals surface area contributed by atoms with E-state index in [0.29, 0.717) is 12.1 Å². The van der Waals surface area contributed by atoms with Crippen molar-refractivity contribution in [3.8, 4) is 0 Å². The average Bonchev–Trinajstić information content (AvgIpc) is 2.33. The highest BCUT2D eigenvalue weighted by Gasteiger charge is 2.27. The van der Waals surface area contributed by atoms with E-state index in [-0.39, 0.29) is 0 Å². The molecule has 4 nitrogen and oxygen atoms in total. The fourth-order valence-corrected chi connectivity index (χ4v) is 2.79. The van der Waals surface area contributed by atoms with Crippen molar-refractivity contribution in [2.75, 3.05) is 39.3 Å². The van der Waals surface area contributed by atoms with E-state index >= 15 is 0 Å². The molecule has 0 amide bonds. The molecular weight excluding hydrogens is 188 g/mol. The number of rotatable bonds is 3. The molecule has 2 unspecified atom stereocenters. The zero-order valence-electron chi connectivity index (χ0n) is 9.54. The van der Waals surface area contributed by atoms with Crippen molar-refractivity contribution < 1.29 is 0 Å². The molecule has 2 aliphatic rings. The van der Waals surface area contributed by atoms with Crippen LogP contribution in [-0.2, 0) is 0 Å². The molecule has 0 spiro atoms. The Morgan fingerprint density at radius 1 is 1.20 bits per heavy atom. The summed E-state index contributed by atoms with van der Waals surface area (Å²) in [6.45, 7) is 6.50. The molecule has 0 aliphatic carbocycles. The van der Waals surface area contributed by atoms with Crippen LogP contribution >= 0.6 is 0 Å². The topological polar surface area (TPSA) is 53.3 Å². The lowest BCUT2D eigenvalue weighted by molar-refractivity contribution is 0.131. The zero-order valence-corrected chi connectivity index (χ0v) is 9.54. The van der Waals surface area contributed by atoms with Crippen LogP contribution in [0, 0.1) is 0 Å². The summed E-state index contributed by atoms with van der Waals surface area (Å²) in [6, 6.07) is 1.18. The summed E-state index contributed by atoms with van der Waals surface area (Å²) in [5.74, 6) is 0. The summed E-state index contributed by atoms with van der Waals surface area (Å²) in [5.41, 5.74) is 5.93. The Balaban J connectivity index is 1.88. The summed E-state index contributed by atoms with van der Waals surface area (Å²) in [4.78, 5) is 2.56. The molecule has 15 heavy (non-hydrogen) atoms. The van der Waals surface area contributed by atoms with Crippen LogP contribution in [0.5, 0.6) is 0 Å². The summed E-state index contributed by atoms with van der Waals surface area (Å²) >= 11 is 0. The number of nitrogens with zero attached hydrogens (tertiary/aromatic N) is 1. The molecule has 4 N–H and O–H groups in total. The van der Waals surface area contributed by atoms with Crippen LogP contribution in [0.1, 0.15) is 19.3 Å². The maximum atomic E-state index is 5.93. The maximum Gasteiger partial charge on any atom is 0.0372 e. The van der Waals surface area contributed by atoms with Gasteiger partial charge in [-0.15, -0.1) is 0 Å². The van der Waals surface area contributed by atoms with Crippen LogP contribution in [-0.4, -0.2) is 56.3 Å². The van der Waals surface area contributed by atoms with Crippen molar-refractivity contribution >= 4 is 0 Å². The van der Waals surface area contributed by atoms with E-state index in [4.69, 9.17) is 5.73 Å². The van der Waals surface area contributed by atoms with Gasteiger partial charge in [-0.2, -0.15) is 0 Å². The van der Waals surface area contributed by atoms with Crippen molar-refractivity contribution in [2.45, 2.75) is 31.3 Å². The van der Waals surface area contributed by atoms with Crippen molar-refractivity contribution in [2.24, 2.45) is 5.73 Å². The minimum absolute atomic E-state index is 0.549. The molecule has 2 saturated heterocycles. The Bertz CT molecular complexity index is 155. The van der Waals surface area contributed by atoms with Crippen molar-refractivity contribution in [3.63, 3.8) is 0 Å². The number of nitrogens with one attached hydrogen (secondary N) is 2. The van der Waals surface area contributed by atoms with Gasteiger partial charge in [-0.1, -0.05) is 6.42 Å². The highest BCUT2D eigenvalue weighted by Crippen LogP contribution is 2.14. The number of hydrogen-bond donors (Lipinski definition) is 3. The van der Waals surface area contributed by atoms with Gasteiger partial charge in [0.05, 0.1) is 0 Å². The van der Waals surface area contributed by atoms with Crippen LogP contribution in [0.3, 0.4) is 0 Å². The van der Waals surface area contributed by atoms with Crippen LogP contribution in [0.25, 0.3) is 0 Å². The van der Waals surface area contributed by atoms with Gasteiger partial charge in [0.25, 0.3) is 0 Å². The van der Waals surface area contributed by atoms with Crippen molar-refractivity contribution in [3.05, 3.63) is 0 Å². The molecule has 0 aromatic carbocycles. The average molecular weight is 212 g/mol. The molecule has 2 fully saturated rings. The maximum absolute atomic E-state index is 5.93. The molecule has 0 bridgehead atoms. The largest absolute Gasteiger partial charge is 0.329 e. The number of hydrogen-bond acceptors (Lipinski definition) is 4. The molecule has 2 aliphatic heterocycles. The molecule has 2 heterocycles. The van der Waals surface area contributed by atoms with Crippen LogP contribution in [0.2, 0.25) is 0 Å². The fourth-order valence-electron chi connectivity index (χ4n) is 2.79. The molecule has 0 aromatic rings. The highest BCUT2D eigenvalue weighted by atomic mass is 15.2. The molecule has 0 aromatic heterocycles. The van der Waals surface area contributed by atoms with E-state index in [1.165, 1.54) is 25.8 Å². The molecule has 4 heteroatoms. The Labute approximate surface area is 92.6 Å². The van der Waals surface area contributed by atoms with Crippen LogP contribution < -0.4 is 16.4 Å². The molecule has 88 valence electrons. The Kier molecular flexibility index (Phi) is 4.38. The van der Waals surface area contributed by atoms with Gasteiger partial charge in [-0.05, 0) is 19.4 Å². The van der Waals surface area contributed by atoms with Crippen molar-refractivity contribution in [1.82, 2.24) is 15.5 Å². The summed E-state index contributed by atoms with van der Waals surface area (Å²) in [6.07, 6.45) is 3.99. The van der Waals surface area contributed by atoms with Crippen LogP contribution in [0.4, 0.5) is 0 Å². The predicted octanol–water partition coefficient (Wildman–Crippen LogP) is -0.639. The minimum Gasteiger partial charge on any atom is -0.329 e. The van der Waals surface area contributed by atoms with E-state index in [1.807, 2.05) is 0 Å². The third kappa shape index (κ3) is 2.91. The second-order valence-corrected chi connectivity index (χ2v) is 4.65. The Morgan fingerprint density at radius 3 is 2.60 bits per heavy atom. The van der Waals surface area contributed by atoms with Crippen molar-refractivity contribution in [1.29, 1.82) is 0 Å². The van der Waals surface area contributed by atoms with E-state index in [9.17, 15) is 0 Å². The predicted molar refractivity (Wildman–Crippen MR) is 62.9 cm³/mol. The molecular formula is C11H24N4. The summed E-state index contributed by atoms with van der Waals surface area (Å²) in [5, 5.41) is 7.02.